The van der Waals surface area contributed by atoms with E-state index in [0.717, 1.165) is 11.3 Å². The van der Waals surface area contributed by atoms with Crippen LogP contribution < -0.4 is 10.1 Å². The van der Waals surface area contributed by atoms with E-state index in [9.17, 15) is 14.4 Å². The lowest BCUT2D eigenvalue weighted by atomic mass is 9.68. The Bertz CT molecular complexity index is 1090. The van der Waals surface area contributed by atoms with Crippen LogP contribution >= 0.6 is 0 Å². The lowest BCUT2D eigenvalue weighted by molar-refractivity contribution is -0.163. The number of amides is 1. The van der Waals surface area contributed by atoms with E-state index in [2.05, 4.69) is 10.2 Å². The molecule has 0 aromatic heterocycles. The summed E-state index contributed by atoms with van der Waals surface area (Å²) < 4.78 is 16.2. The van der Waals surface area contributed by atoms with Gasteiger partial charge in [0.1, 0.15) is 17.9 Å². The molecule has 0 spiro atoms. The Morgan fingerprint density at radius 1 is 0.895 bits per heavy atom. The van der Waals surface area contributed by atoms with Crippen molar-refractivity contribution in [2.75, 3.05) is 26.9 Å². The number of hydrogen-bond acceptors (Lipinski definition) is 7. The third-order valence-electron chi connectivity index (χ3n) is 7.07. The molecule has 0 unspecified atom stereocenters. The van der Waals surface area contributed by atoms with Crippen molar-refractivity contribution in [2.24, 2.45) is 0 Å². The van der Waals surface area contributed by atoms with Gasteiger partial charge in [-0.2, -0.15) is 0 Å². The first-order valence-electron chi connectivity index (χ1n) is 13.0. The van der Waals surface area contributed by atoms with Crippen molar-refractivity contribution in [2.45, 2.75) is 70.5 Å². The molecular formula is C30H40N2O6. The molecule has 0 radical (unpaired) electrons. The lowest BCUT2D eigenvalue weighted by Crippen LogP contribution is -2.72. The van der Waals surface area contributed by atoms with Crippen LogP contribution in [0.2, 0.25) is 0 Å². The second-order valence-corrected chi connectivity index (χ2v) is 11.0. The van der Waals surface area contributed by atoms with Crippen LogP contribution in [0.25, 0.3) is 0 Å². The number of hydrogen-bond donors (Lipinski definition) is 1. The van der Waals surface area contributed by atoms with E-state index in [1.807, 2.05) is 58.0 Å². The molecule has 8 heteroatoms. The number of carbonyl (C=O) groups is 3. The van der Waals surface area contributed by atoms with Gasteiger partial charge in [0.2, 0.25) is 0 Å². The van der Waals surface area contributed by atoms with Crippen LogP contribution in [0.15, 0.2) is 54.6 Å². The minimum Gasteiger partial charge on any atom is -0.497 e. The smallest absolute Gasteiger partial charge is 0.331 e. The van der Waals surface area contributed by atoms with Gasteiger partial charge in [-0.3, -0.25) is 14.5 Å². The third kappa shape index (κ3) is 6.92. The average Bonchev–Trinajstić information content (AvgIpc) is 2.86. The molecule has 0 saturated carbocycles. The van der Waals surface area contributed by atoms with Crippen LogP contribution in [0.5, 0.6) is 5.75 Å². The van der Waals surface area contributed by atoms with Crippen molar-refractivity contribution in [3.05, 3.63) is 65.7 Å². The molecule has 1 N–H and O–H groups in total. The summed E-state index contributed by atoms with van der Waals surface area (Å²) in [6.45, 7) is 10.8. The second-order valence-electron chi connectivity index (χ2n) is 11.0. The summed E-state index contributed by atoms with van der Waals surface area (Å²) in [7, 11) is 1.60. The third-order valence-corrected chi connectivity index (χ3v) is 7.07. The molecule has 1 amide bonds. The predicted octanol–water partition coefficient (Wildman–Crippen LogP) is 4.17. The van der Waals surface area contributed by atoms with Crippen LogP contribution in [-0.4, -0.2) is 66.2 Å². The Labute approximate surface area is 225 Å². The normalized spacial score (nSPS) is 17.7. The minimum absolute atomic E-state index is 0.175. The molecule has 1 aliphatic heterocycles. The molecule has 1 heterocycles. The molecule has 1 aliphatic rings. The zero-order valence-corrected chi connectivity index (χ0v) is 23.3. The number of esters is 2. The molecule has 0 aliphatic carbocycles. The SMILES string of the molecule is CCOC(=O)C1(NC(=O)c2ccccc2)CC(C)(C)N(CCOC(=O)Cc2ccc(OC)cc2)C(C)(C)C1. The highest BCUT2D eigenvalue weighted by Gasteiger charge is 2.57. The highest BCUT2D eigenvalue weighted by Crippen LogP contribution is 2.44. The van der Waals surface area contributed by atoms with E-state index >= 15 is 0 Å². The Hall–Kier alpha value is -3.39. The number of benzene rings is 2. The maximum atomic E-state index is 13.4. The van der Waals surface area contributed by atoms with Gasteiger partial charge in [0.05, 0.1) is 20.1 Å². The maximum absolute atomic E-state index is 13.4. The van der Waals surface area contributed by atoms with Crippen molar-refractivity contribution >= 4 is 17.8 Å². The summed E-state index contributed by atoms with van der Waals surface area (Å²) in [5.41, 5.74) is -0.889. The number of piperidine rings is 1. The van der Waals surface area contributed by atoms with Gasteiger partial charge in [-0.1, -0.05) is 30.3 Å². The van der Waals surface area contributed by atoms with E-state index in [4.69, 9.17) is 14.2 Å². The van der Waals surface area contributed by atoms with Gasteiger partial charge < -0.3 is 19.5 Å². The summed E-state index contributed by atoms with van der Waals surface area (Å²) in [6, 6.07) is 16.2. The molecule has 38 heavy (non-hydrogen) atoms. The fourth-order valence-electron chi connectivity index (χ4n) is 5.80. The Kier molecular flexibility index (Phi) is 9.20. The van der Waals surface area contributed by atoms with Crippen molar-refractivity contribution in [3.8, 4) is 5.75 Å². The van der Waals surface area contributed by atoms with Gasteiger partial charge in [-0.05, 0) is 77.3 Å². The number of nitrogens with one attached hydrogen (secondary N) is 1. The van der Waals surface area contributed by atoms with Crippen LogP contribution in [0, 0.1) is 0 Å². The summed E-state index contributed by atoms with van der Waals surface area (Å²) in [6.07, 6.45) is 0.871. The van der Waals surface area contributed by atoms with Gasteiger partial charge >= 0.3 is 11.9 Å². The number of carbonyl (C=O) groups excluding carboxylic acids is 3. The summed E-state index contributed by atoms with van der Waals surface area (Å²) in [5, 5.41) is 3.04. The Morgan fingerprint density at radius 3 is 2.05 bits per heavy atom. The molecule has 2 aromatic carbocycles. The first kappa shape index (κ1) is 29.2. The average molecular weight is 525 g/mol. The predicted molar refractivity (Wildman–Crippen MR) is 145 cm³/mol. The largest absolute Gasteiger partial charge is 0.497 e. The molecule has 3 rings (SSSR count). The van der Waals surface area contributed by atoms with Crippen LogP contribution in [0.4, 0.5) is 0 Å². The molecule has 2 aromatic rings. The van der Waals surface area contributed by atoms with E-state index in [0.29, 0.717) is 24.9 Å². The first-order chi connectivity index (χ1) is 17.9. The summed E-state index contributed by atoms with van der Waals surface area (Å²) >= 11 is 0. The number of rotatable bonds is 10. The van der Waals surface area contributed by atoms with Gasteiger partial charge in [0, 0.05) is 23.2 Å². The number of ether oxygens (including phenoxy) is 3. The van der Waals surface area contributed by atoms with E-state index in [1.54, 1.807) is 38.3 Å². The topological polar surface area (TPSA) is 94.2 Å². The minimum atomic E-state index is -1.20. The Morgan fingerprint density at radius 2 is 1.50 bits per heavy atom. The molecule has 0 atom stereocenters. The van der Waals surface area contributed by atoms with E-state index in [-0.39, 0.29) is 31.5 Å². The molecule has 1 fully saturated rings. The molecule has 1 saturated heterocycles. The summed E-state index contributed by atoms with van der Waals surface area (Å²) in [5.74, 6) is -0.323. The van der Waals surface area contributed by atoms with Gasteiger partial charge in [0.15, 0.2) is 0 Å². The maximum Gasteiger partial charge on any atom is 0.331 e. The number of methoxy groups -OCH3 is 1. The lowest BCUT2D eigenvalue weighted by Gasteiger charge is -2.58. The van der Waals surface area contributed by atoms with Crippen molar-refractivity contribution in [3.63, 3.8) is 0 Å². The van der Waals surface area contributed by atoms with Gasteiger partial charge in [-0.25, -0.2) is 4.79 Å². The highest BCUT2D eigenvalue weighted by molar-refractivity contribution is 5.98. The molecule has 206 valence electrons. The van der Waals surface area contributed by atoms with Crippen LogP contribution in [-0.2, 0) is 25.5 Å². The zero-order chi connectivity index (χ0) is 28.0. The number of likely N-dealkylation sites (tertiary alicyclic amines) is 1. The standard InChI is InChI=1S/C30H40N2O6/c1-7-37-27(35)30(31-26(34)23-11-9-8-10-12-23)20-28(2,3)32(29(4,5)21-30)17-18-38-25(33)19-22-13-15-24(36-6)16-14-22/h8-16H,7,17-21H2,1-6H3,(H,31,34). The highest BCUT2D eigenvalue weighted by atomic mass is 16.5. The fraction of sp³-hybridized carbons (Fsp3) is 0.500. The van der Waals surface area contributed by atoms with E-state index in [1.165, 1.54) is 0 Å². The van der Waals surface area contributed by atoms with Gasteiger partial charge in [0.25, 0.3) is 5.91 Å². The van der Waals surface area contributed by atoms with Crippen LogP contribution in [0.3, 0.4) is 0 Å². The van der Waals surface area contributed by atoms with Crippen molar-refractivity contribution < 1.29 is 28.6 Å². The van der Waals surface area contributed by atoms with E-state index < -0.39 is 22.6 Å². The zero-order valence-electron chi connectivity index (χ0n) is 23.3. The molecular weight excluding hydrogens is 484 g/mol. The van der Waals surface area contributed by atoms with Gasteiger partial charge in [-0.15, -0.1) is 0 Å². The second kappa shape index (κ2) is 12.0. The molecule has 0 bridgehead atoms. The summed E-state index contributed by atoms with van der Waals surface area (Å²) in [4.78, 5) is 41.2. The number of nitrogens with zero attached hydrogens (tertiary/aromatic N) is 1. The Balaban J connectivity index is 1.71. The van der Waals surface area contributed by atoms with Crippen molar-refractivity contribution in [1.82, 2.24) is 10.2 Å². The van der Waals surface area contributed by atoms with Crippen LogP contribution in [0.1, 0.15) is 63.4 Å². The fourth-order valence-corrected chi connectivity index (χ4v) is 5.80. The molecule has 8 nitrogen and oxygen atoms in total. The quantitative estimate of drug-likeness (QED) is 0.466. The monoisotopic (exact) mass is 524 g/mol. The first-order valence-corrected chi connectivity index (χ1v) is 13.0. The van der Waals surface area contributed by atoms with Crippen molar-refractivity contribution in [1.29, 1.82) is 0 Å².